The smallest absolute Gasteiger partial charge is 0.0691 e. The van der Waals surface area contributed by atoms with Crippen LogP contribution < -0.4 is 5.73 Å². The summed E-state index contributed by atoms with van der Waals surface area (Å²) in [4.78, 5) is 8.58. The Bertz CT molecular complexity index is 306. The number of nitrogens with zero attached hydrogens (tertiary/aromatic N) is 2. The van der Waals surface area contributed by atoms with Crippen LogP contribution >= 0.6 is 0 Å². The average molecular weight is 163 g/mol. The van der Waals surface area contributed by atoms with Crippen LogP contribution in [-0.2, 0) is 11.8 Å². The van der Waals surface area contributed by atoms with E-state index in [0.29, 0.717) is 0 Å². The van der Waals surface area contributed by atoms with E-state index >= 15 is 0 Å². The standard InChI is InChI=1S/C9H13N3/c1-9(2)7(10)5-6-8(9)12-4-3-11-6/h3-4,7H,5,10H2,1-2H3/t7-/m1/s1. The average Bonchev–Trinajstić information content (AvgIpc) is 2.25. The molecule has 1 atom stereocenters. The van der Waals surface area contributed by atoms with Crippen LogP contribution in [0.2, 0.25) is 0 Å². The van der Waals surface area contributed by atoms with Gasteiger partial charge in [0.2, 0.25) is 0 Å². The SMILES string of the molecule is CC1(C)c2nccnc2C[C@H]1N. The first-order valence-electron chi connectivity index (χ1n) is 4.18. The van der Waals surface area contributed by atoms with Gasteiger partial charge in [-0.3, -0.25) is 9.97 Å². The number of hydrogen-bond acceptors (Lipinski definition) is 3. The fourth-order valence-electron chi connectivity index (χ4n) is 1.69. The number of fused-ring (bicyclic) bond motifs is 1. The Balaban J connectivity index is 2.55. The van der Waals surface area contributed by atoms with Crippen molar-refractivity contribution >= 4 is 0 Å². The molecule has 0 saturated carbocycles. The lowest BCUT2D eigenvalue weighted by Gasteiger charge is -2.22. The molecule has 0 unspecified atom stereocenters. The molecule has 2 rings (SSSR count). The lowest BCUT2D eigenvalue weighted by Crippen LogP contribution is -2.37. The summed E-state index contributed by atoms with van der Waals surface area (Å²) in [7, 11) is 0. The highest BCUT2D eigenvalue weighted by Gasteiger charge is 2.39. The van der Waals surface area contributed by atoms with Gasteiger partial charge in [0.05, 0.1) is 11.4 Å². The van der Waals surface area contributed by atoms with Gasteiger partial charge in [-0.25, -0.2) is 0 Å². The van der Waals surface area contributed by atoms with Gasteiger partial charge in [-0.2, -0.15) is 0 Å². The first-order valence-corrected chi connectivity index (χ1v) is 4.18. The second-order valence-corrected chi connectivity index (χ2v) is 3.88. The summed E-state index contributed by atoms with van der Waals surface area (Å²) in [5.41, 5.74) is 8.10. The first-order chi connectivity index (χ1) is 5.62. The lowest BCUT2D eigenvalue weighted by atomic mass is 9.87. The molecule has 0 bridgehead atoms. The highest BCUT2D eigenvalue weighted by atomic mass is 14.9. The molecule has 64 valence electrons. The normalized spacial score (nSPS) is 25.4. The summed E-state index contributed by atoms with van der Waals surface area (Å²) in [6.07, 6.45) is 4.32. The summed E-state index contributed by atoms with van der Waals surface area (Å²) >= 11 is 0. The zero-order valence-corrected chi connectivity index (χ0v) is 7.41. The molecule has 1 aliphatic rings. The van der Waals surface area contributed by atoms with Crippen molar-refractivity contribution in [1.29, 1.82) is 0 Å². The van der Waals surface area contributed by atoms with Crippen LogP contribution in [0.4, 0.5) is 0 Å². The third kappa shape index (κ3) is 0.862. The Morgan fingerprint density at radius 2 is 2.08 bits per heavy atom. The third-order valence-corrected chi connectivity index (χ3v) is 2.72. The zero-order chi connectivity index (χ0) is 8.77. The van der Waals surface area contributed by atoms with E-state index in [0.717, 1.165) is 17.8 Å². The highest BCUT2D eigenvalue weighted by Crippen LogP contribution is 2.34. The molecule has 1 aromatic rings. The summed E-state index contributed by atoms with van der Waals surface area (Å²) in [6.45, 7) is 4.25. The predicted molar refractivity (Wildman–Crippen MR) is 46.7 cm³/mol. The fourth-order valence-corrected chi connectivity index (χ4v) is 1.69. The number of hydrogen-bond donors (Lipinski definition) is 1. The Kier molecular flexibility index (Phi) is 1.45. The van der Waals surface area contributed by atoms with Crippen LogP contribution in [0, 0.1) is 0 Å². The Morgan fingerprint density at radius 1 is 1.42 bits per heavy atom. The predicted octanol–water partition coefficient (Wildman–Crippen LogP) is 0.638. The van der Waals surface area contributed by atoms with Gasteiger partial charge in [-0.05, 0) is 0 Å². The maximum absolute atomic E-state index is 5.98. The van der Waals surface area contributed by atoms with E-state index in [1.54, 1.807) is 12.4 Å². The molecular weight excluding hydrogens is 150 g/mol. The van der Waals surface area contributed by atoms with Gasteiger partial charge in [0.25, 0.3) is 0 Å². The van der Waals surface area contributed by atoms with Crippen molar-refractivity contribution in [3.8, 4) is 0 Å². The molecule has 1 aliphatic carbocycles. The number of rotatable bonds is 0. The van der Waals surface area contributed by atoms with Crippen molar-refractivity contribution in [3.05, 3.63) is 23.8 Å². The molecule has 0 aromatic carbocycles. The van der Waals surface area contributed by atoms with Crippen molar-refractivity contribution in [3.63, 3.8) is 0 Å². The topological polar surface area (TPSA) is 51.8 Å². The van der Waals surface area contributed by atoms with Gasteiger partial charge in [0, 0.05) is 30.3 Å². The van der Waals surface area contributed by atoms with E-state index in [-0.39, 0.29) is 11.5 Å². The van der Waals surface area contributed by atoms with Crippen LogP contribution in [0.15, 0.2) is 12.4 Å². The Labute approximate surface area is 72.0 Å². The molecular formula is C9H13N3. The van der Waals surface area contributed by atoms with Crippen LogP contribution in [0.5, 0.6) is 0 Å². The van der Waals surface area contributed by atoms with Crippen molar-refractivity contribution in [2.45, 2.75) is 31.7 Å². The minimum Gasteiger partial charge on any atom is -0.327 e. The van der Waals surface area contributed by atoms with Crippen LogP contribution in [0.3, 0.4) is 0 Å². The van der Waals surface area contributed by atoms with Crippen molar-refractivity contribution < 1.29 is 0 Å². The van der Waals surface area contributed by atoms with E-state index in [4.69, 9.17) is 5.73 Å². The third-order valence-electron chi connectivity index (χ3n) is 2.72. The molecule has 0 amide bonds. The van der Waals surface area contributed by atoms with E-state index in [2.05, 4.69) is 23.8 Å². The van der Waals surface area contributed by atoms with Crippen molar-refractivity contribution in [2.75, 3.05) is 0 Å². The summed E-state index contributed by atoms with van der Waals surface area (Å²) in [6, 6.07) is 0.162. The molecule has 3 heteroatoms. The molecule has 12 heavy (non-hydrogen) atoms. The molecule has 2 N–H and O–H groups in total. The van der Waals surface area contributed by atoms with Gasteiger partial charge in [-0.1, -0.05) is 13.8 Å². The molecule has 3 nitrogen and oxygen atoms in total. The summed E-state index contributed by atoms with van der Waals surface area (Å²) in [5, 5.41) is 0. The maximum atomic E-state index is 5.98. The maximum Gasteiger partial charge on any atom is 0.0691 e. The second-order valence-electron chi connectivity index (χ2n) is 3.88. The minimum atomic E-state index is -0.0103. The summed E-state index contributed by atoms with van der Waals surface area (Å²) in [5.74, 6) is 0. The van der Waals surface area contributed by atoms with E-state index in [1.165, 1.54) is 0 Å². The summed E-state index contributed by atoms with van der Waals surface area (Å²) < 4.78 is 0. The number of nitrogens with two attached hydrogens (primary N) is 1. The quantitative estimate of drug-likeness (QED) is 0.610. The van der Waals surface area contributed by atoms with Crippen LogP contribution in [0.1, 0.15) is 25.2 Å². The Morgan fingerprint density at radius 3 is 2.75 bits per heavy atom. The molecule has 0 fully saturated rings. The van der Waals surface area contributed by atoms with Gasteiger partial charge in [0.1, 0.15) is 0 Å². The molecule has 0 radical (unpaired) electrons. The monoisotopic (exact) mass is 163 g/mol. The van der Waals surface area contributed by atoms with Crippen molar-refractivity contribution in [2.24, 2.45) is 5.73 Å². The highest BCUT2D eigenvalue weighted by molar-refractivity contribution is 5.30. The van der Waals surface area contributed by atoms with Crippen LogP contribution in [0.25, 0.3) is 0 Å². The van der Waals surface area contributed by atoms with E-state index in [1.807, 2.05) is 0 Å². The Hall–Kier alpha value is -0.960. The van der Waals surface area contributed by atoms with Crippen molar-refractivity contribution in [1.82, 2.24) is 9.97 Å². The molecule has 1 heterocycles. The zero-order valence-electron chi connectivity index (χ0n) is 7.41. The largest absolute Gasteiger partial charge is 0.327 e. The van der Waals surface area contributed by atoms with Gasteiger partial charge >= 0.3 is 0 Å². The van der Waals surface area contributed by atoms with E-state index in [9.17, 15) is 0 Å². The lowest BCUT2D eigenvalue weighted by molar-refractivity contribution is 0.436. The van der Waals surface area contributed by atoms with Crippen LogP contribution in [-0.4, -0.2) is 16.0 Å². The molecule has 0 saturated heterocycles. The van der Waals surface area contributed by atoms with E-state index < -0.39 is 0 Å². The molecule has 1 aromatic heterocycles. The minimum absolute atomic E-state index is 0.0103. The second kappa shape index (κ2) is 2.26. The fraction of sp³-hybridized carbons (Fsp3) is 0.556. The molecule has 0 spiro atoms. The number of aromatic nitrogens is 2. The van der Waals surface area contributed by atoms with Gasteiger partial charge in [0.15, 0.2) is 0 Å². The van der Waals surface area contributed by atoms with Gasteiger partial charge < -0.3 is 5.73 Å². The first kappa shape index (κ1) is 7.68. The molecule has 0 aliphatic heterocycles. The van der Waals surface area contributed by atoms with Gasteiger partial charge in [-0.15, -0.1) is 0 Å².